The molecule has 3 amide bonds. The molecule has 3 atom stereocenters. The van der Waals surface area contributed by atoms with Gasteiger partial charge in [-0.05, 0) is 41.7 Å². The zero-order chi connectivity index (χ0) is 23.7. The van der Waals surface area contributed by atoms with E-state index in [1.54, 1.807) is 0 Å². The van der Waals surface area contributed by atoms with Gasteiger partial charge in [0.15, 0.2) is 0 Å². The van der Waals surface area contributed by atoms with Crippen LogP contribution in [0, 0.1) is 5.82 Å². The molecule has 4 rings (SSSR count). The molecule has 2 aromatic carbocycles. The van der Waals surface area contributed by atoms with Gasteiger partial charge in [-0.3, -0.25) is 19.3 Å². The fourth-order valence-corrected chi connectivity index (χ4v) is 4.55. The number of rotatable bonds is 6. The summed E-state index contributed by atoms with van der Waals surface area (Å²) < 4.78 is 13.2. The molecule has 0 radical (unpaired) electrons. The number of aliphatic carboxylic acids is 1. The molecule has 0 aromatic heterocycles. The van der Waals surface area contributed by atoms with Crippen molar-refractivity contribution in [3.63, 3.8) is 0 Å². The zero-order valence-electron chi connectivity index (χ0n) is 18.0. The van der Waals surface area contributed by atoms with Crippen molar-refractivity contribution in [3.05, 3.63) is 65.0 Å². The van der Waals surface area contributed by atoms with Crippen LogP contribution in [0.4, 0.5) is 10.1 Å². The Bertz CT molecular complexity index is 1120. The minimum absolute atomic E-state index is 0.110. The van der Waals surface area contributed by atoms with Gasteiger partial charge in [0.25, 0.3) is 0 Å². The number of hydrogen-bond donors (Lipinski definition) is 3. The van der Waals surface area contributed by atoms with Crippen molar-refractivity contribution >= 4 is 29.4 Å². The molecule has 8 nitrogen and oxygen atoms in total. The molecule has 9 heteroatoms. The monoisotopic (exact) mass is 453 g/mol. The van der Waals surface area contributed by atoms with E-state index >= 15 is 0 Å². The number of nitrogens with zero attached hydrogens (tertiary/aromatic N) is 1. The van der Waals surface area contributed by atoms with E-state index in [1.165, 1.54) is 36.1 Å². The molecule has 0 bridgehead atoms. The number of anilines is 1. The summed E-state index contributed by atoms with van der Waals surface area (Å²) in [7, 11) is 0. The van der Waals surface area contributed by atoms with Crippen molar-refractivity contribution < 1.29 is 28.7 Å². The van der Waals surface area contributed by atoms with Gasteiger partial charge < -0.3 is 15.7 Å². The highest BCUT2D eigenvalue weighted by molar-refractivity contribution is 6.07. The standard InChI is InChI=1S/C24H24FN3O5/c1-13(29)26-19(11-14-5-8-17(25)9-6-14)22(30)27-18-10-7-15-3-2-4-16-12-20(24(32)33)28(21(15)16)23(18)31/h2-6,8-9,18-20H,7,10-12H2,1H3,(H,26,29)(H,27,30)(H,32,33)/t18-,19-,20-/m0/s1. The topological polar surface area (TPSA) is 116 Å². The third-order valence-electron chi connectivity index (χ3n) is 6.06. The Kier molecular flexibility index (Phi) is 6.13. The Morgan fingerprint density at radius 2 is 1.85 bits per heavy atom. The second-order valence-corrected chi connectivity index (χ2v) is 8.37. The minimum Gasteiger partial charge on any atom is -0.480 e. The van der Waals surface area contributed by atoms with Crippen LogP contribution in [-0.2, 0) is 38.4 Å². The maximum absolute atomic E-state index is 13.4. The minimum atomic E-state index is -1.11. The number of carboxylic acids is 1. The van der Waals surface area contributed by atoms with E-state index in [2.05, 4.69) is 10.6 Å². The fraction of sp³-hybridized carbons (Fsp3) is 0.333. The Morgan fingerprint density at radius 3 is 2.52 bits per heavy atom. The second-order valence-electron chi connectivity index (χ2n) is 8.37. The van der Waals surface area contributed by atoms with E-state index < -0.39 is 47.6 Å². The van der Waals surface area contributed by atoms with Crippen molar-refractivity contribution in [3.8, 4) is 0 Å². The number of hydrogen-bond acceptors (Lipinski definition) is 4. The molecule has 0 saturated carbocycles. The molecule has 2 aromatic rings. The molecule has 2 aliphatic heterocycles. The highest BCUT2D eigenvalue weighted by atomic mass is 19.1. The van der Waals surface area contributed by atoms with Crippen molar-refractivity contribution in [1.29, 1.82) is 0 Å². The van der Waals surface area contributed by atoms with Gasteiger partial charge in [-0.2, -0.15) is 0 Å². The van der Waals surface area contributed by atoms with E-state index in [9.17, 15) is 28.7 Å². The second kappa shape index (κ2) is 9.01. The summed E-state index contributed by atoms with van der Waals surface area (Å²) in [5.74, 6) is -2.99. The smallest absolute Gasteiger partial charge is 0.327 e. The number of carbonyl (C=O) groups is 4. The average molecular weight is 453 g/mol. The van der Waals surface area contributed by atoms with Crippen molar-refractivity contribution in [1.82, 2.24) is 10.6 Å². The van der Waals surface area contributed by atoms with Gasteiger partial charge in [-0.25, -0.2) is 9.18 Å². The van der Waals surface area contributed by atoms with Crippen LogP contribution in [0.5, 0.6) is 0 Å². The quantitative estimate of drug-likeness (QED) is 0.611. The van der Waals surface area contributed by atoms with Crippen LogP contribution in [-0.4, -0.2) is 46.9 Å². The normalized spacial score (nSPS) is 19.9. The van der Waals surface area contributed by atoms with Crippen LogP contribution in [0.25, 0.3) is 0 Å². The first kappa shape index (κ1) is 22.4. The summed E-state index contributed by atoms with van der Waals surface area (Å²) in [6.07, 6.45) is 1.11. The number of benzene rings is 2. The van der Waals surface area contributed by atoms with Gasteiger partial charge in [0.05, 0.1) is 5.69 Å². The summed E-state index contributed by atoms with van der Waals surface area (Å²) in [5.41, 5.74) is 2.93. The number of carbonyl (C=O) groups excluding carboxylic acids is 3. The molecule has 2 aliphatic rings. The fourth-order valence-electron chi connectivity index (χ4n) is 4.55. The van der Waals surface area contributed by atoms with Crippen LogP contribution < -0.4 is 15.5 Å². The van der Waals surface area contributed by atoms with E-state index in [-0.39, 0.29) is 12.8 Å². The van der Waals surface area contributed by atoms with Crippen molar-refractivity contribution in [2.24, 2.45) is 0 Å². The number of aryl methyl sites for hydroxylation is 1. The number of nitrogens with one attached hydrogen (secondary N) is 2. The predicted molar refractivity (Wildman–Crippen MR) is 117 cm³/mol. The molecule has 172 valence electrons. The Labute approximate surface area is 189 Å². The lowest BCUT2D eigenvalue weighted by Crippen LogP contribution is -2.56. The highest BCUT2D eigenvalue weighted by Gasteiger charge is 2.44. The largest absolute Gasteiger partial charge is 0.480 e. The van der Waals surface area contributed by atoms with E-state index in [0.29, 0.717) is 24.1 Å². The lowest BCUT2D eigenvalue weighted by atomic mass is 10.0. The first-order valence-electron chi connectivity index (χ1n) is 10.7. The van der Waals surface area contributed by atoms with E-state index in [1.807, 2.05) is 18.2 Å². The molecule has 0 aliphatic carbocycles. The van der Waals surface area contributed by atoms with Gasteiger partial charge in [0.1, 0.15) is 23.9 Å². The number of amides is 3. The van der Waals surface area contributed by atoms with Gasteiger partial charge >= 0.3 is 5.97 Å². The van der Waals surface area contributed by atoms with E-state index in [0.717, 1.165) is 11.1 Å². The maximum atomic E-state index is 13.4. The summed E-state index contributed by atoms with van der Waals surface area (Å²) in [5, 5.41) is 15.0. The van der Waals surface area contributed by atoms with Crippen LogP contribution in [0.1, 0.15) is 30.0 Å². The Morgan fingerprint density at radius 1 is 1.15 bits per heavy atom. The van der Waals surface area contributed by atoms with Gasteiger partial charge in [-0.1, -0.05) is 30.3 Å². The SMILES string of the molecule is CC(=O)N[C@@H](Cc1ccc(F)cc1)C(=O)N[C@H]1CCc2cccc3c2N(C1=O)[C@H](C(=O)O)C3. The van der Waals surface area contributed by atoms with Gasteiger partial charge in [-0.15, -0.1) is 0 Å². The van der Waals surface area contributed by atoms with Crippen molar-refractivity contribution in [2.75, 3.05) is 4.90 Å². The average Bonchev–Trinajstić information content (AvgIpc) is 3.11. The first-order chi connectivity index (χ1) is 15.7. The van der Waals surface area contributed by atoms with Gasteiger partial charge in [0, 0.05) is 19.8 Å². The number of para-hydroxylation sites is 1. The zero-order valence-corrected chi connectivity index (χ0v) is 18.0. The number of halogens is 1. The lowest BCUT2D eigenvalue weighted by molar-refractivity contribution is -0.140. The molecular weight excluding hydrogens is 429 g/mol. The van der Waals surface area contributed by atoms with Crippen LogP contribution in [0.15, 0.2) is 42.5 Å². The summed E-state index contributed by atoms with van der Waals surface area (Å²) in [4.78, 5) is 51.3. The first-order valence-corrected chi connectivity index (χ1v) is 10.7. The molecule has 0 spiro atoms. The summed E-state index contributed by atoms with van der Waals surface area (Å²) in [6, 6.07) is 8.15. The third kappa shape index (κ3) is 4.57. The van der Waals surface area contributed by atoms with E-state index in [4.69, 9.17) is 0 Å². The predicted octanol–water partition coefficient (Wildman–Crippen LogP) is 1.35. The van der Waals surface area contributed by atoms with Crippen molar-refractivity contribution in [2.45, 2.75) is 50.7 Å². The maximum Gasteiger partial charge on any atom is 0.327 e. The molecule has 0 unspecified atom stereocenters. The molecule has 0 fully saturated rings. The van der Waals surface area contributed by atoms with Gasteiger partial charge in [0.2, 0.25) is 17.7 Å². The molecule has 2 heterocycles. The molecule has 33 heavy (non-hydrogen) atoms. The third-order valence-corrected chi connectivity index (χ3v) is 6.06. The highest BCUT2D eigenvalue weighted by Crippen LogP contribution is 2.39. The summed E-state index contributed by atoms with van der Waals surface area (Å²) in [6.45, 7) is 1.28. The van der Waals surface area contributed by atoms with Crippen LogP contribution >= 0.6 is 0 Å². The molecule has 0 saturated heterocycles. The molecule has 3 N–H and O–H groups in total. The number of carboxylic acid groups (broad SMARTS) is 1. The van der Waals surface area contributed by atoms with Crippen LogP contribution in [0.3, 0.4) is 0 Å². The van der Waals surface area contributed by atoms with Crippen LogP contribution in [0.2, 0.25) is 0 Å². The molecular formula is C24H24FN3O5. The lowest BCUT2D eigenvalue weighted by Gasteiger charge is -2.27. The summed E-state index contributed by atoms with van der Waals surface area (Å²) >= 11 is 0. The Hall–Kier alpha value is -3.75. The Balaban J connectivity index is 1.56.